The fraction of sp³-hybridized carbons (Fsp3) is 0.211. The Hall–Kier alpha value is -3.55. The predicted molar refractivity (Wildman–Crippen MR) is 98.0 cm³/mol. The lowest BCUT2D eigenvalue weighted by Gasteiger charge is -2.07. The molecule has 0 aliphatic rings. The summed E-state index contributed by atoms with van der Waals surface area (Å²) in [4.78, 5) is 16.8. The molecule has 136 valence electrons. The molecular weight excluding hydrogens is 344 g/mol. The van der Waals surface area contributed by atoms with Crippen LogP contribution in [-0.2, 0) is 13.0 Å². The minimum Gasteiger partial charge on any atom is -0.345 e. The number of aryl methyl sites for hydroxylation is 2. The minimum absolute atomic E-state index is 0.148. The van der Waals surface area contributed by atoms with Crippen molar-refractivity contribution < 1.29 is 9.32 Å². The topological polar surface area (TPSA) is 98.2 Å². The molecule has 4 aromatic rings. The van der Waals surface area contributed by atoms with Crippen molar-refractivity contribution in [1.82, 2.24) is 30.1 Å². The summed E-state index contributed by atoms with van der Waals surface area (Å²) in [7, 11) is 0. The van der Waals surface area contributed by atoms with E-state index in [1.807, 2.05) is 54.8 Å². The molecule has 4 rings (SSSR count). The van der Waals surface area contributed by atoms with Gasteiger partial charge in [0, 0.05) is 18.2 Å². The van der Waals surface area contributed by atoms with Crippen LogP contribution in [-0.4, -0.2) is 30.6 Å². The van der Waals surface area contributed by atoms with Gasteiger partial charge in [-0.15, -0.1) is 10.2 Å². The number of rotatable bonds is 5. The van der Waals surface area contributed by atoms with Gasteiger partial charge in [0.25, 0.3) is 11.8 Å². The van der Waals surface area contributed by atoms with E-state index in [1.54, 1.807) is 6.07 Å². The molecule has 0 unspecified atom stereocenters. The van der Waals surface area contributed by atoms with Crippen LogP contribution in [0.2, 0.25) is 0 Å². The zero-order chi connectivity index (χ0) is 18.8. The normalized spacial score (nSPS) is 11.0. The quantitative estimate of drug-likeness (QED) is 0.586. The van der Waals surface area contributed by atoms with E-state index in [0.29, 0.717) is 40.7 Å². The first kappa shape index (κ1) is 16.9. The van der Waals surface area contributed by atoms with Gasteiger partial charge >= 0.3 is 0 Å². The molecule has 0 saturated carbocycles. The maximum atomic E-state index is 12.4. The van der Waals surface area contributed by atoms with E-state index in [2.05, 4.69) is 25.7 Å². The third-order valence-electron chi connectivity index (χ3n) is 4.32. The van der Waals surface area contributed by atoms with Crippen molar-refractivity contribution in [1.29, 1.82) is 0 Å². The second-order valence-corrected chi connectivity index (χ2v) is 6.10. The summed E-state index contributed by atoms with van der Waals surface area (Å²) in [5.41, 5.74) is 2.87. The summed E-state index contributed by atoms with van der Waals surface area (Å²) < 4.78 is 7.13. The largest absolute Gasteiger partial charge is 0.345 e. The van der Waals surface area contributed by atoms with E-state index in [4.69, 9.17) is 4.52 Å². The first-order valence-corrected chi connectivity index (χ1v) is 8.66. The monoisotopic (exact) mass is 362 g/mol. The Morgan fingerprint density at radius 3 is 2.81 bits per heavy atom. The van der Waals surface area contributed by atoms with Gasteiger partial charge in [0.2, 0.25) is 0 Å². The third-order valence-corrected chi connectivity index (χ3v) is 4.32. The molecule has 0 aliphatic carbocycles. The molecule has 0 bridgehead atoms. The third kappa shape index (κ3) is 3.17. The molecule has 1 amide bonds. The van der Waals surface area contributed by atoms with Gasteiger partial charge in [-0.05, 0) is 30.7 Å². The number of nitrogens with one attached hydrogen (secondary N) is 1. The number of nitrogens with zero attached hydrogens (tertiary/aromatic N) is 5. The SMILES string of the molecule is CCc1noc(-c2cccn3c(CNC(=O)c4ccccc4C)nnc23)n1. The molecular formula is C19H18N6O2. The van der Waals surface area contributed by atoms with Gasteiger partial charge in [0.1, 0.15) is 0 Å². The molecule has 27 heavy (non-hydrogen) atoms. The molecule has 3 aromatic heterocycles. The first-order valence-electron chi connectivity index (χ1n) is 8.66. The van der Waals surface area contributed by atoms with Crippen molar-refractivity contribution in [3.63, 3.8) is 0 Å². The number of aromatic nitrogens is 5. The van der Waals surface area contributed by atoms with E-state index < -0.39 is 0 Å². The van der Waals surface area contributed by atoms with Gasteiger partial charge in [-0.25, -0.2) is 0 Å². The Bertz CT molecular complexity index is 1110. The van der Waals surface area contributed by atoms with E-state index in [1.165, 1.54) is 0 Å². The predicted octanol–water partition coefficient (Wildman–Crippen LogP) is 2.58. The van der Waals surface area contributed by atoms with Crippen LogP contribution in [0.5, 0.6) is 0 Å². The Morgan fingerprint density at radius 1 is 1.19 bits per heavy atom. The fourth-order valence-electron chi connectivity index (χ4n) is 2.84. The van der Waals surface area contributed by atoms with Crippen LogP contribution in [0.15, 0.2) is 47.1 Å². The van der Waals surface area contributed by atoms with Crippen LogP contribution in [0.3, 0.4) is 0 Å². The molecule has 0 saturated heterocycles. The molecule has 1 N–H and O–H groups in total. The lowest BCUT2D eigenvalue weighted by atomic mass is 10.1. The number of benzene rings is 1. The number of carbonyl (C=O) groups is 1. The van der Waals surface area contributed by atoms with E-state index in [0.717, 1.165) is 5.56 Å². The fourth-order valence-corrected chi connectivity index (χ4v) is 2.84. The number of amides is 1. The maximum absolute atomic E-state index is 12.4. The molecule has 8 nitrogen and oxygen atoms in total. The molecule has 1 aromatic carbocycles. The zero-order valence-electron chi connectivity index (χ0n) is 15.0. The van der Waals surface area contributed by atoms with E-state index in [-0.39, 0.29) is 12.5 Å². The number of pyridine rings is 1. The summed E-state index contributed by atoms with van der Waals surface area (Å²) in [6.07, 6.45) is 2.53. The molecule has 3 heterocycles. The maximum Gasteiger partial charge on any atom is 0.261 e. The minimum atomic E-state index is -0.148. The van der Waals surface area contributed by atoms with Gasteiger partial charge < -0.3 is 9.84 Å². The smallest absolute Gasteiger partial charge is 0.261 e. The Morgan fingerprint density at radius 2 is 2.04 bits per heavy atom. The zero-order valence-corrected chi connectivity index (χ0v) is 15.0. The van der Waals surface area contributed by atoms with Crippen molar-refractivity contribution in [2.24, 2.45) is 0 Å². The lowest BCUT2D eigenvalue weighted by molar-refractivity contribution is 0.0949. The van der Waals surface area contributed by atoms with Crippen LogP contribution in [0.25, 0.3) is 17.1 Å². The van der Waals surface area contributed by atoms with Crippen molar-refractivity contribution in [2.45, 2.75) is 26.8 Å². The highest BCUT2D eigenvalue weighted by molar-refractivity contribution is 5.95. The number of hydrogen-bond acceptors (Lipinski definition) is 6. The summed E-state index contributed by atoms with van der Waals surface area (Å²) in [5.74, 6) is 1.51. The molecule has 0 fully saturated rings. The summed E-state index contributed by atoms with van der Waals surface area (Å²) in [6, 6.07) is 11.2. The summed E-state index contributed by atoms with van der Waals surface area (Å²) >= 11 is 0. The van der Waals surface area contributed by atoms with E-state index in [9.17, 15) is 4.79 Å². The van der Waals surface area contributed by atoms with Crippen LogP contribution < -0.4 is 5.32 Å². The summed E-state index contributed by atoms with van der Waals surface area (Å²) in [5, 5.41) is 15.3. The Balaban J connectivity index is 1.60. The van der Waals surface area contributed by atoms with Crippen molar-refractivity contribution in [3.8, 4) is 11.5 Å². The van der Waals surface area contributed by atoms with Crippen molar-refractivity contribution in [2.75, 3.05) is 0 Å². The number of fused-ring (bicyclic) bond motifs is 1. The van der Waals surface area contributed by atoms with Gasteiger partial charge in [-0.3, -0.25) is 9.20 Å². The van der Waals surface area contributed by atoms with Crippen LogP contribution in [0, 0.1) is 6.92 Å². The van der Waals surface area contributed by atoms with E-state index >= 15 is 0 Å². The second-order valence-electron chi connectivity index (χ2n) is 6.10. The molecule has 0 spiro atoms. The van der Waals surface area contributed by atoms with Gasteiger partial charge in [-0.1, -0.05) is 30.3 Å². The van der Waals surface area contributed by atoms with Gasteiger partial charge in [0.05, 0.1) is 12.1 Å². The van der Waals surface area contributed by atoms with Crippen LogP contribution >= 0.6 is 0 Å². The summed E-state index contributed by atoms with van der Waals surface area (Å²) in [6.45, 7) is 4.12. The Labute approximate surface area is 155 Å². The van der Waals surface area contributed by atoms with Crippen molar-refractivity contribution in [3.05, 3.63) is 65.4 Å². The van der Waals surface area contributed by atoms with Gasteiger partial charge in [-0.2, -0.15) is 4.98 Å². The number of carbonyl (C=O) groups excluding carboxylic acids is 1. The van der Waals surface area contributed by atoms with Crippen molar-refractivity contribution >= 4 is 11.6 Å². The molecule has 0 radical (unpaired) electrons. The van der Waals surface area contributed by atoms with Crippen LogP contribution in [0.4, 0.5) is 0 Å². The highest BCUT2D eigenvalue weighted by atomic mass is 16.5. The second kappa shape index (κ2) is 6.99. The standard InChI is InChI=1S/C19H18N6O2/c1-3-15-21-19(27-24-15)14-9-6-10-25-16(22-23-17(14)25)11-20-18(26)13-8-5-4-7-12(13)2/h4-10H,3,11H2,1-2H3,(H,20,26). The number of hydrogen-bond donors (Lipinski definition) is 1. The highest BCUT2D eigenvalue weighted by Gasteiger charge is 2.16. The highest BCUT2D eigenvalue weighted by Crippen LogP contribution is 2.22. The molecule has 8 heteroatoms. The van der Waals surface area contributed by atoms with Gasteiger partial charge in [0.15, 0.2) is 17.3 Å². The average molecular weight is 362 g/mol. The molecule has 0 atom stereocenters. The lowest BCUT2D eigenvalue weighted by Crippen LogP contribution is -2.24. The Kier molecular flexibility index (Phi) is 4.37. The first-order chi connectivity index (χ1) is 13.2. The van der Waals surface area contributed by atoms with Crippen LogP contribution in [0.1, 0.15) is 34.5 Å². The average Bonchev–Trinajstić information content (AvgIpc) is 3.33. The molecule has 0 aliphatic heterocycles.